The van der Waals surface area contributed by atoms with Crippen LogP contribution in [0.2, 0.25) is 0 Å². The third kappa shape index (κ3) is 1.01. The van der Waals surface area contributed by atoms with Crippen LogP contribution in [0.5, 0.6) is 0 Å². The zero-order chi connectivity index (χ0) is 7.31. The number of rotatable bonds is 2. The van der Waals surface area contributed by atoms with Gasteiger partial charge in [-0.25, -0.2) is 0 Å². The summed E-state index contributed by atoms with van der Waals surface area (Å²) in [5.41, 5.74) is 0.819. The van der Waals surface area contributed by atoms with Crippen LogP contribution in [0.3, 0.4) is 0 Å². The third-order valence-electron chi connectivity index (χ3n) is 3.81. The lowest BCUT2D eigenvalue weighted by molar-refractivity contribution is -0.00563. The summed E-state index contributed by atoms with van der Waals surface area (Å²) in [6.07, 6.45) is 7.76. The Morgan fingerprint density at radius 2 is 1.82 bits per heavy atom. The maximum atomic E-state index is 3.39. The fourth-order valence-electron chi connectivity index (χ4n) is 2.92. The highest BCUT2D eigenvalue weighted by Crippen LogP contribution is 2.52. The predicted octanol–water partition coefficient (Wildman–Crippen LogP) is 1.79. The van der Waals surface area contributed by atoms with Gasteiger partial charge in [-0.05, 0) is 36.5 Å². The second-order valence-electron chi connectivity index (χ2n) is 5.06. The lowest BCUT2D eigenvalue weighted by Crippen LogP contribution is -2.60. The Balaban J connectivity index is 1.47. The Hall–Kier alpha value is -0.0400. The molecule has 0 aromatic carbocycles. The molecule has 1 heterocycles. The third-order valence-corrected chi connectivity index (χ3v) is 3.81. The van der Waals surface area contributed by atoms with Crippen molar-refractivity contribution in [1.82, 2.24) is 5.32 Å². The van der Waals surface area contributed by atoms with Gasteiger partial charge in [0.2, 0.25) is 0 Å². The van der Waals surface area contributed by atoms with Gasteiger partial charge in [-0.1, -0.05) is 12.8 Å². The predicted molar refractivity (Wildman–Crippen MR) is 45.4 cm³/mol. The minimum atomic E-state index is 0.819. The highest BCUT2D eigenvalue weighted by Gasteiger charge is 2.48. The molecule has 1 aliphatic heterocycles. The molecule has 1 nitrogen and oxygen atoms in total. The van der Waals surface area contributed by atoms with E-state index in [0.717, 1.165) is 17.3 Å². The summed E-state index contributed by atoms with van der Waals surface area (Å²) in [7, 11) is 0. The fraction of sp³-hybridized carbons (Fsp3) is 1.00. The highest BCUT2D eigenvalue weighted by atomic mass is 15.0. The molecule has 1 saturated heterocycles. The molecule has 0 bridgehead atoms. The molecular formula is C10H17N. The molecule has 1 spiro atoms. The summed E-state index contributed by atoms with van der Waals surface area (Å²) in [5.74, 6) is 2.29. The first-order valence-electron chi connectivity index (χ1n) is 5.07. The molecule has 3 fully saturated rings. The normalized spacial score (nSPS) is 34.9. The summed E-state index contributed by atoms with van der Waals surface area (Å²) in [5, 5.41) is 3.39. The van der Waals surface area contributed by atoms with Crippen molar-refractivity contribution in [3.05, 3.63) is 0 Å². The van der Waals surface area contributed by atoms with E-state index in [-0.39, 0.29) is 0 Å². The monoisotopic (exact) mass is 151 g/mol. The van der Waals surface area contributed by atoms with Gasteiger partial charge < -0.3 is 5.32 Å². The van der Waals surface area contributed by atoms with E-state index < -0.39 is 0 Å². The van der Waals surface area contributed by atoms with Gasteiger partial charge in [-0.15, -0.1) is 0 Å². The molecule has 0 aromatic rings. The largest absolute Gasteiger partial charge is 0.316 e. The molecule has 2 saturated carbocycles. The van der Waals surface area contributed by atoms with E-state index in [1.54, 1.807) is 32.1 Å². The van der Waals surface area contributed by atoms with Gasteiger partial charge in [-0.3, -0.25) is 0 Å². The van der Waals surface area contributed by atoms with Crippen LogP contribution in [0.1, 0.15) is 32.1 Å². The molecule has 62 valence electrons. The number of hydrogen-bond acceptors (Lipinski definition) is 1. The van der Waals surface area contributed by atoms with Gasteiger partial charge >= 0.3 is 0 Å². The zero-order valence-corrected chi connectivity index (χ0v) is 7.10. The molecular weight excluding hydrogens is 134 g/mol. The SMILES string of the molecule is C1CC1CC1CC2(CNC2)C1. The number of nitrogens with one attached hydrogen (secondary N) is 1. The van der Waals surface area contributed by atoms with Gasteiger partial charge in [0.1, 0.15) is 0 Å². The van der Waals surface area contributed by atoms with Crippen molar-refractivity contribution in [1.29, 1.82) is 0 Å². The molecule has 0 amide bonds. The van der Waals surface area contributed by atoms with Gasteiger partial charge in [0, 0.05) is 13.1 Å². The first-order valence-corrected chi connectivity index (χ1v) is 5.07. The number of hydrogen-bond donors (Lipinski definition) is 1. The van der Waals surface area contributed by atoms with Gasteiger partial charge in [0.05, 0.1) is 0 Å². The Morgan fingerprint density at radius 1 is 1.09 bits per heavy atom. The Labute approximate surface area is 68.6 Å². The minimum absolute atomic E-state index is 0.819. The minimum Gasteiger partial charge on any atom is -0.316 e. The zero-order valence-electron chi connectivity index (χ0n) is 7.10. The average Bonchev–Trinajstić information content (AvgIpc) is 2.54. The van der Waals surface area contributed by atoms with Gasteiger partial charge in [0.15, 0.2) is 0 Å². The van der Waals surface area contributed by atoms with E-state index in [4.69, 9.17) is 0 Å². The van der Waals surface area contributed by atoms with E-state index in [2.05, 4.69) is 5.32 Å². The Morgan fingerprint density at radius 3 is 2.27 bits per heavy atom. The molecule has 3 rings (SSSR count). The maximum absolute atomic E-state index is 3.39. The molecule has 0 aromatic heterocycles. The smallest absolute Gasteiger partial charge is 0.00204 e. The molecule has 0 radical (unpaired) electrons. The lowest BCUT2D eigenvalue weighted by atomic mass is 9.57. The van der Waals surface area contributed by atoms with E-state index >= 15 is 0 Å². The lowest BCUT2D eigenvalue weighted by Gasteiger charge is -2.54. The van der Waals surface area contributed by atoms with Crippen LogP contribution in [-0.2, 0) is 0 Å². The molecule has 3 aliphatic rings. The van der Waals surface area contributed by atoms with Crippen LogP contribution >= 0.6 is 0 Å². The topological polar surface area (TPSA) is 12.0 Å². The van der Waals surface area contributed by atoms with Crippen molar-refractivity contribution in [2.24, 2.45) is 17.3 Å². The van der Waals surface area contributed by atoms with E-state index in [0.29, 0.717) is 0 Å². The van der Waals surface area contributed by atoms with Crippen LogP contribution in [0, 0.1) is 17.3 Å². The summed E-state index contributed by atoms with van der Waals surface area (Å²) in [4.78, 5) is 0. The van der Waals surface area contributed by atoms with Crippen LogP contribution in [-0.4, -0.2) is 13.1 Å². The molecule has 11 heavy (non-hydrogen) atoms. The van der Waals surface area contributed by atoms with Crippen LogP contribution < -0.4 is 5.32 Å². The highest BCUT2D eigenvalue weighted by molar-refractivity contribution is 5.03. The Kier molecular flexibility index (Phi) is 1.18. The maximum Gasteiger partial charge on any atom is 0.00204 e. The quantitative estimate of drug-likeness (QED) is 0.634. The molecule has 2 aliphatic carbocycles. The van der Waals surface area contributed by atoms with Crippen molar-refractivity contribution in [2.75, 3.05) is 13.1 Å². The second kappa shape index (κ2) is 2.01. The first kappa shape index (κ1) is 6.47. The van der Waals surface area contributed by atoms with Crippen molar-refractivity contribution in [3.63, 3.8) is 0 Å². The van der Waals surface area contributed by atoms with Gasteiger partial charge in [-0.2, -0.15) is 0 Å². The summed E-state index contributed by atoms with van der Waals surface area (Å²) < 4.78 is 0. The second-order valence-corrected chi connectivity index (χ2v) is 5.06. The van der Waals surface area contributed by atoms with Crippen molar-refractivity contribution in [2.45, 2.75) is 32.1 Å². The van der Waals surface area contributed by atoms with Crippen molar-refractivity contribution >= 4 is 0 Å². The molecule has 0 atom stereocenters. The molecule has 1 N–H and O–H groups in total. The fourth-order valence-corrected chi connectivity index (χ4v) is 2.92. The van der Waals surface area contributed by atoms with Crippen LogP contribution in [0.4, 0.5) is 0 Å². The molecule has 1 heteroatoms. The van der Waals surface area contributed by atoms with Crippen LogP contribution in [0.15, 0.2) is 0 Å². The van der Waals surface area contributed by atoms with Crippen molar-refractivity contribution in [3.8, 4) is 0 Å². The standard InChI is InChI=1S/C10H17N/c1-2-8(1)3-9-4-10(5-9)6-11-7-10/h8-9,11H,1-7H2. The first-order chi connectivity index (χ1) is 5.36. The van der Waals surface area contributed by atoms with Crippen LogP contribution in [0.25, 0.3) is 0 Å². The Bertz CT molecular complexity index is 160. The van der Waals surface area contributed by atoms with E-state index in [1.807, 2.05) is 0 Å². The summed E-state index contributed by atoms with van der Waals surface area (Å²) in [6.45, 7) is 2.66. The van der Waals surface area contributed by atoms with E-state index in [1.165, 1.54) is 13.1 Å². The summed E-state index contributed by atoms with van der Waals surface area (Å²) in [6, 6.07) is 0. The van der Waals surface area contributed by atoms with Crippen molar-refractivity contribution < 1.29 is 0 Å². The van der Waals surface area contributed by atoms with Gasteiger partial charge in [0.25, 0.3) is 0 Å². The summed E-state index contributed by atoms with van der Waals surface area (Å²) >= 11 is 0. The average molecular weight is 151 g/mol. The van der Waals surface area contributed by atoms with E-state index in [9.17, 15) is 0 Å². The molecule has 0 unspecified atom stereocenters.